The number of carbonyl (C=O) groups excluding carboxylic acids is 2. The maximum absolute atomic E-state index is 13.1. The predicted octanol–water partition coefficient (Wildman–Crippen LogP) is 3.47. The Hall–Kier alpha value is -2.96. The summed E-state index contributed by atoms with van der Waals surface area (Å²) in [6.45, 7) is 3.15. The second-order valence-corrected chi connectivity index (χ2v) is 8.49. The summed E-state index contributed by atoms with van der Waals surface area (Å²) in [4.78, 5) is 31.9. The first-order valence-corrected chi connectivity index (χ1v) is 11.3. The van der Waals surface area contributed by atoms with Crippen LogP contribution in [0.1, 0.15) is 62.7 Å². The van der Waals surface area contributed by atoms with Crippen LogP contribution in [0.3, 0.4) is 0 Å². The fourth-order valence-corrected chi connectivity index (χ4v) is 4.51. The molecule has 1 aliphatic heterocycles. The van der Waals surface area contributed by atoms with E-state index in [0.29, 0.717) is 44.1 Å². The van der Waals surface area contributed by atoms with Gasteiger partial charge < -0.3 is 14.7 Å². The van der Waals surface area contributed by atoms with Crippen LogP contribution in [0, 0.1) is 5.92 Å². The number of aromatic nitrogens is 2. The van der Waals surface area contributed by atoms with Crippen molar-refractivity contribution in [3.63, 3.8) is 0 Å². The molecular weight excluding hydrogens is 392 g/mol. The average Bonchev–Trinajstić information content (AvgIpc) is 3.49. The second-order valence-electron chi connectivity index (χ2n) is 8.49. The van der Waals surface area contributed by atoms with Crippen molar-refractivity contribution < 1.29 is 14.1 Å². The van der Waals surface area contributed by atoms with Gasteiger partial charge in [-0.2, -0.15) is 4.98 Å². The van der Waals surface area contributed by atoms with Gasteiger partial charge in [-0.25, -0.2) is 0 Å². The molecule has 1 aliphatic carbocycles. The fraction of sp³-hybridized carbons (Fsp3) is 0.500. The van der Waals surface area contributed by atoms with Crippen molar-refractivity contribution in [3.8, 4) is 0 Å². The second kappa shape index (κ2) is 9.45. The van der Waals surface area contributed by atoms with Crippen molar-refractivity contribution in [2.24, 2.45) is 5.92 Å². The summed E-state index contributed by atoms with van der Waals surface area (Å²) < 4.78 is 5.31. The van der Waals surface area contributed by atoms with Gasteiger partial charge in [-0.15, -0.1) is 0 Å². The number of hydrogen-bond acceptors (Lipinski definition) is 5. The Balaban J connectivity index is 1.33. The molecular formula is C24H30N4O3. The zero-order valence-corrected chi connectivity index (χ0v) is 18.0. The molecule has 0 spiro atoms. The highest BCUT2D eigenvalue weighted by atomic mass is 16.5. The van der Waals surface area contributed by atoms with Crippen LogP contribution in [-0.4, -0.2) is 39.9 Å². The summed E-state index contributed by atoms with van der Waals surface area (Å²) in [6.07, 6.45) is 9.21. The standard InChI is InChI=1S/C24H30N4O3/c1-2-20-25-23(27-31-20)24(14-6-7-15-24)26-22(30)19-12-16-28(17-13-19)21(29)11-10-18-8-4-3-5-9-18/h3-5,8-11,19H,2,6-7,12-17H2,1H3,(H,26,30)/b11-10+. The maximum atomic E-state index is 13.1. The normalized spacial score (nSPS) is 19.1. The molecule has 2 amide bonds. The van der Waals surface area contributed by atoms with Crippen LogP contribution in [0.25, 0.3) is 6.08 Å². The number of carbonyl (C=O) groups is 2. The first-order valence-electron chi connectivity index (χ1n) is 11.3. The molecule has 1 saturated carbocycles. The molecule has 1 aromatic heterocycles. The van der Waals surface area contributed by atoms with E-state index in [0.717, 1.165) is 31.2 Å². The minimum atomic E-state index is -0.515. The number of hydrogen-bond donors (Lipinski definition) is 1. The van der Waals surface area contributed by atoms with Crippen LogP contribution in [0.4, 0.5) is 0 Å². The highest BCUT2D eigenvalue weighted by Gasteiger charge is 2.42. The van der Waals surface area contributed by atoms with Crippen molar-refractivity contribution in [1.29, 1.82) is 0 Å². The molecule has 2 fully saturated rings. The Kier molecular flexibility index (Phi) is 6.49. The Morgan fingerprint density at radius 3 is 2.55 bits per heavy atom. The third-order valence-electron chi connectivity index (χ3n) is 6.41. The molecule has 1 N–H and O–H groups in total. The van der Waals surface area contributed by atoms with E-state index in [1.807, 2.05) is 48.2 Å². The van der Waals surface area contributed by atoms with Crippen LogP contribution in [-0.2, 0) is 21.5 Å². The molecule has 7 heteroatoms. The van der Waals surface area contributed by atoms with Gasteiger partial charge in [0.25, 0.3) is 0 Å². The quantitative estimate of drug-likeness (QED) is 0.720. The number of aryl methyl sites for hydroxylation is 1. The number of likely N-dealkylation sites (tertiary alicyclic amines) is 1. The molecule has 0 bridgehead atoms. The van der Waals surface area contributed by atoms with E-state index in [-0.39, 0.29) is 17.7 Å². The van der Waals surface area contributed by atoms with Gasteiger partial charge in [0.15, 0.2) is 5.82 Å². The third kappa shape index (κ3) is 4.86. The molecule has 2 aliphatic rings. The molecule has 4 rings (SSSR count). The number of rotatable bonds is 6. The zero-order chi connectivity index (χ0) is 21.7. The molecule has 2 heterocycles. The average molecular weight is 423 g/mol. The molecule has 1 aromatic carbocycles. The maximum Gasteiger partial charge on any atom is 0.246 e. The van der Waals surface area contributed by atoms with Gasteiger partial charge in [0.1, 0.15) is 5.54 Å². The number of piperidine rings is 1. The Labute approximate surface area is 182 Å². The summed E-state index contributed by atoms with van der Waals surface area (Å²) >= 11 is 0. The molecule has 0 unspecified atom stereocenters. The van der Waals surface area contributed by atoms with E-state index >= 15 is 0 Å². The van der Waals surface area contributed by atoms with Gasteiger partial charge in [0, 0.05) is 31.5 Å². The van der Waals surface area contributed by atoms with Gasteiger partial charge in [-0.3, -0.25) is 9.59 Å². The van der Waals surface area contributed by atoms with E-state index in [2.05, 4.69) is 15.5 Å². The van der Waals surface area contributed by atoms with Gasteiger partial charge >= 0.3 is 0 Å². The highest BCUT2D eigenvalue weighted by Crippen LogP contribution is 2.38. The smallest absolute Gasteiger partial charge is 0.246 e. The highest BCUT2D eigenvalue weighted by molar-refractivity contribution is 5.92. The van der Waals surface area contributed by atoms with Crippen LogP contribution in [0.15, 0.2) is 40.9 Å². The molecule has 1 saturated heterocycles. The molecule has 31 heavy (non-hydrogen) atoms. The molecule has 2 aromatic rings. The van der Waals surface area contributed by atoms with E-state index < -0.39 is 5.54 Å². The molecule has 0 atom stereocenters. The zero-order valence-electron chi connectivity index (χ0n) is 18.0. The van der Waals surface area contributed by atoms with Crippen molar-refractivity contribution in [1.82, 2.24) is 20.4 Å². The van der Waals surface area contributed by atoms with Gasteiger partial charge in [-0.05, 0) is 37.3 Å². The molecule has 0 radical (unpaired) electrons. The summed E-state index contributed by atoms with van der Waals surface area (Å²) in [5, 5.41) is 7.42. The van der Waals surface area contributed by atoms with Gasteiger partial charge in [-0.1, -0.05) is 55.3 Å². The summed E-state index contributed by atoms with van der Waals surface area (Å²) in [6, 6.07) is 9.77. The van der Waals surface area contributed by atoms with E-state index in [4.69, 9.17) is 4.52 Å². The first kappa shape index (κ1) is 21.3. The fourth-order valence-electron chi connectivity index (χ4n) is 4.51. The van der Waals surface area contributed by atoms with Gasteiger partial charge in [0.05, 0.1) is 0 Å². The number of benzene rings is 1. The first-order chi connectivity index (χ1) is 15.1. The lowest BCUT2D eigenvalue weighted by atomic mass is 9.91. The van der Waals surface area contributed by atoms with Gasteiger partial charge in [0.2, 0.25) is 17.7 Å². The summed E-state index contributed by atoms with van der Waals surface area (Å²) in [5.74, 6) is 1.14. The lowest BCUT2D eigenvalue weighted by Gasteiger charge is -2.34. The van der Waals surface area contributed by atoms with Crippen molar-refractivity contribution >= 4 is 17.9 Å². The van der Waals surface area contributed by atoms with Crippen molar-refractivity contribution in [2.45, 2.75) is 57.4 Å². The van der Waals surface area contributed by atoms with E-state index in [9.17, 15) is 9.59 Å². The van der Waals surface area contributed by atoms with Crippen molar-refractivity contribution in [3.05, 3.63) is 53.7 Å². The number of nitrogens with zero attached hydrogens (tertiary/aromatic N) is 3. The number of nitrogens with one attached hydrogen (secondary N) is 1. The van der Waals surface area contributed by atoms with E-state index in [1.165, 1.54) is 0 Å². The SMILES string of the molecule is CCc1nc(C2(NC(=O)C3CCN(C(=O)/C=C/c4ccccc4)CC3)CCCC2)no1. The predicted molar refractivity (Wildman–Crippen MR) is 117 cm³/mol. The van der Waals surface area contributed by atoms with E-state index in [1.54, 1.807) is 6.08 Å². The van der Waals surface area contributed by atoms with Crippen LogP contribution < -0.4 is 5.32 Å². The van der Waals surface area contributed by atoms with Crippen LogP contribution in [0.2, 0.25) is 0 Å². The number of amides is 2. The third-order valence-corrected chi connectivity index (χ3v) is 6.41. The largest absolute Gasteiger partial charge is 0.343 e. The lowest BCUT2D eigenvalue weighted by Crippen LogP contribution is -2.49. The molecule has 7 nitrogen and oxygen atoms in total. The topological polar surface area (TPSA) is 88.3 Å². The monoisotopic (exact) mass is 422 g/mol. The lowest BCUT2D eigenvalue weighted by molar-refractivity contribution is -0.133. The van der Waals surface area contributed by atoms with Crippen LogP contribution in [0.5, 0.6) is 0 Å². The summed E-state index contributed by atoms with van der Waals surface area (Å²) in [5.41, 5.74) is 0.485. The molecule has 164 valence electrons. The Morgan fingerprint density at radius 1 is 1.19 bits per heavy atom. The minimum Gasteiger partial charge on any atom is -0.343 e. The Bertz CT molecular complexity index is 923. The van der Waals surface area contributed by atoms with Crippen LogP contribution >= 0.6 is 0 Å². The minimum absolute atomic E-state index is 0.00568. The van der Waals surface area contributed by atoms with Crippen molar-refractivity contribution in [2.75, 3.05) is 13.1 Å². The summed E-state index contributed by atoms with van der Waals surface area (Å²) in [7, 11) is 0. The Morgan fingerprint density at radius 2 is 1.90 bits per heavy atom.